The Hall–Kier alpha value is -1.57. The third-order valence-corrected chi connectivity index (χ3v) is 5.95. The van der Waals surface area contributed by atoms with E-state index in [1.807, 2.05) is 0 Å². The van der Waals surface area contributed by atoms with Crippen molar-refractivity contribution >= 4 is 35.4 Å². The molecule has 2 heterocycles. The largest absolute Gasteiger partial charge is 0.342 e. The summed E-state index contributed by atoms with van der Waals surface area (Å²) in [6, 6.07) is -1.57. The van der Waals surface area contributed by atoms with E-state index in [0.717, 1.165) is 19.3 Å². The molecule has 0 spiro atoms. The maximum atomic E-state index is 12.6. The quantitative estimate of drug-likeness (QED) is 0.737. The molecule has 1 saturated carbocycles. The second kappa shape index (κ2) is 6.74. The van der Waals surface area contributed by atoms with Gasteiger partial charge in [0.15, 0.2) is 0 Å². The number of imide groups is 1. The molecule has 2 atom stereocenters. The fraction of sp³-hybridized carbons (Fsp3) is 0.750. The summed E-state index contributed by atoms with van der Waals surface area (Å²) in [5, 5.41) is 2.69. The zero-order valence-electron chi connectivity index (χ0n) is 14.0. The fourth-order valence-corrected chi connectivity index (χ4v) is 4.50. The Kier molecular flexibility index (Phi) is 4.85. The van der Waals surface area contributed by atoms with Crippen LogP contribution >= 0.6 is 11.8 Å². The molecular formula is C16H23N3O4S. The molecule has 1 aliphatic carbocycles. The Balaban J connectivity index is 1.63. The summed E-state index contributed by atoms with van der Waals surface area (Å²) in [6.07, 6.45) is 2.86. The average Bonchev–Trinajstić information content (AvgIpc) is 3.02. The van der Waals surface area contributed by atoms with Crippen LogP contribution in [0, 0.1) is 5.92 Å². The normalized spacial score (nSPS) is 27.8. The average molecular weight is 353 g/mol. The van der Waals surface area contributed by atoms with E-state index in [0.29, 0.717) is 11.6 Å². The molecule has 3 aliphatic rings. The summed E-state index contributed by atoms with van der Waals surface area (Å²) in [4.78, 5) is 52.1. The standard InChI is InChI=1S/C16H23N3O4S/c1-9(2)19-13(20)6-11(16(19)23)17-14(21)12-7-24-8-18(12)15(22)10-4-3-5-10/h9-12H,3-8H2,1-2H3,(H,17,21). The van der Waals surface area contributed by atoms with Gasteiger partial charge in [0.05, 0.1) is 12.3 Å². The molecule has 3 rings (SSSR count). The maximum absolute atomic E-state index is 12.6. The zero-order chi connectivity index (χ0) is 17.4. The Morgan fingerprint density at radius 3 is 2.50 bits per heavy atom. The van der Waals surface area contributed by atoms with Crippen LogP contribution < -0.4 is 5.32 Å². The van der Waals surface area contributed by atoms with Crippen molar-refractivity contribution in [3.05, 3.63) is 0 Å². The smallest absolute Gasteiger partial charge is 0.252 e. The third-order valence-electron chi connectivity index (χ3n) is 4.94. The van der Waals surface area contributed by atoms with Crippen molar-refractivity contribution in [3.63, 3.8) is 0 Å². The van der Waals surface area contributed by atoms with Gasteiger partial charge in [0.1, 0.15) is 12.1 Å². The van der Waals surface area contributed by atoms with Gasteiger partial charge in [-0.3, -0.25) is 24.1 Å². The van der Waals surface area contributed by atoms with Crippen LogP contribution in [0.2, 0.25) is 0 Å². The van der Waals surface area contributed by atoms with Gasteiger partial charge in [-0.2, -0.15) is 0 Å². The molecule has 3 fully saturated rings. The van der Waals surface area contributed by atoms with Gasteiger partial charge in [-0.25, -0.2) is 0 Å². The van der Waals surface area contributed by atoms with Crippen molar-refractivity contribution in [2.45, 2.75) is 57.7 Å². The number of hydrogen-bond donors (Lipinski definition) is 1. The van der Waals surface area contributed by atoms with Gasteiger partial charge >= 0.3 is 0 Å². The molecular weight excluding hydrogens is 330 g/mol. The summed E-state index contributed by atoms with van der Waals surface area (Å²) in [5.41, 5.74) is 0. The maximum Gasteiger partial charge on any atom is 0.252 e. The van der Waals surface area contributed by atoms with Crippen LogP contribution in [0.15, 0.2) is 0 Å². The van der Waals surface area contributed by atoms with E-state index < -0.39 is 12.1 Å². The van der Waals surface area contributed by atoms with Gasteiger partial charge in [0, 0.05) is 17.7 Å². The molecule has 24 heavy (non-hydrogen) atoms. The Morgan fingerprint density at radius 1 is 1.25 bits per heavy atom. The molecule has 7 nitrogen and oxygen atoms in total. The molecule has 132 valence electrons. The van der Waals surface area contributed by atoms with Gasteiger partial charge in [-0.05, 0) is 26.7 Å². The SMILES string of the molecule is CC(C)N1C(=O)CC(NC(=O)C2CSCN2C(=O)C2CCC2)C1=O. The predicted molar refractivity (Wildman–Crippen MR) is 88.8 cm³/mol. The summed E-state index contributed by atoms with van der Waals surface area (Å²) in [6.45, 7) is 3.54. The first-order chi connectivity index (χ1) is 11.4. The van der Waals surface area contributed by atoms with Gasteiger partial charge in [0.25, 0.3) is 5.91 Å². The van der Waals surface area contributed by atoms with Crippen molar-refractivity contribution in [2.24, 2.45) is 5.92 Å². The molecule has 0 aromatic rings. The molecule has 2 unspecified atom stereocenters. The lowest BCUT2D eigenvalue weighted by Gasteiger charge is -2.32. The highest BCUT2D eigenvalue weighted by molar-refractivity contribution is 7.99. The van der Waals surface area contributed by atoms with Crippen LogP contribution in [0.1, 0.15) is 39.5 Å². The number of rotatable bonds is 4. The lowest BCUT2D eigenvalue weighted by atomic mass is 9.84. The zero-order valence-corrected chi connectivity index (χ0v) is 14.8. The van der Waals surface area contributed by atoms with E-state index in [1.54, 1.807) is 30.5 Å². The predicted octanol–water partition coefficient (Wildman–Crippen LogP) is 0.340. The number of carbonyl (C=O) groups is 4. The summed E-state index contributed by atoms with van der Waals surface area (Å²) in [7, 11) is 0. The molecule has 1 N–H and O–H groups in total. The van der Waals surface area contributed by atoms with E-state index in [1.165, 1.54) is 4.90 Å². The van der Waals surface area contributed by atoms with Crippen molar-refractivity contribution < 1.29 is 19.2 Å². The van der Waals surface area contributed by atoms with E-state index >= 15 is 0 Å². The summed E-state index contributed by atoms with van der Waals surface area (Å²) < 4.78 is 0. The highest BCUT2D eigenvalue weighted by atomic mass is 32.2. The second-order valence-electron chi connectivity index (χ2n) is 6.91. The van der Waals surface area contributed by atoms with Crippen molar-refractivity contribution in [1.29, 1.82) is 0 Å². The Labute approximate surface area is 145 Å². The molecule has 2 saturated heterocycles. The minimum Gasteiger partial charge on any atom is -0.342 e. The first kappa shape index (κ1) is 17.3. The number of carbonyl (C=O) groups excluding carboxylic acids is 4. The van der Waals surface area contributed by atoms with Gasteiger partial charge in [-0.15, -0.1) is 11.8 Å². The molecule has 2 aliphatic heterocycles. The summed E-state index contributed by atoms with van der Waals surface area (Å²) in [5.74, 6) is 0.198. The Morgan fingerprint density at radius 2 is 1.96 bits per heavy atom. The van der Waals surface area contributed by atoms with Crippen LogP contribution in [0.3, 0.4) is 0 Å². The minimum atomic E-state index is -0.807. The van der Waals surface area contributed by atoms with Crippen molar-refractivity contribution in [2.75, 3.05) is 11.6 Å². The minimum absolute atomic E-state index is 0.000806. The molecule has 8 heteroatoms. The van der Waals surface area contributed by atoms with E-state index in [-0.39, 0.29) is 42.0 Å². The van der Waals surface area contributed by atoms with Crippen LogP contribution in [0.5, 0.6) is 0 Å². The number of nitrogens with zero attached hydrogens (tertiary/aromatic N) is 2. The van der Waals surface area contributed by atoms with Gasteiger partial charge < -0.3 is 10.2 Å². The van der Waals surface area contributed by atoms with Crippen LogP contribution in [-0.4, -0.2) is 63.2 Å². The molecule has 0 bridgehead atoms. The van der Waals surface area contributed by atoms with Crippen LogP contribution in [-0.2, 0) is 19.2 Å². The van der Waals surface area contributed by atoms with Crippen molar-refractivity contribution in [3.8, 4) is 0 Å². The van der Waals surface area contributed by atoms with Crippen molar-refractivity contribution in [1.82, 2.24) is 15.1 Å². The lowest BCUT2D eigenvalue weighted by molar-refractivity contribution is -0.144. The monoisotopic (exact) mass is 353 g/mol. The highest BCUT2D eigenvalue weighted by Gasteiger charge is 2.44. The second-order valence-corrected chi connectivity index (χ2v) is 7.91. The van der Waals surface area contributed by atoms with E-state index in [9.17, 15) is 19.2 Å². The first-order valence-electron chi connectivity index (χ1n) is 8.44. The van der Waals surface area contributed by atoms with Crippen LogP contribution in [0.25, 0.3) is 0 Å². The molecule has 0 aromatic carbocycles. The fourth-order valence-electron chi connectivity index (χ4n) is 3.34. The number of hydrogen-bond acceptors (Lipinski definition) is 5. The van der Waals surface area contributed by atoms with Gasteiger partial charge in [-0.1, -0.05) is 6.42 Å². The lowest BCUT2D eigenvalue weighted by Crippen LogP contribution is -2.53. The molecule has 0 radical (unpaired) electrons. The first-order valence-corrected chi connectivity index (χ1v) is 9.60. The van der Waals surface area contributed by atoms with Gasteiger partial charge in [0.2, 0.25) is 17.7 Å². The topological polar surface area (TPSA) is 86.8 Å². The number of amides is 4. The molecule has 0 aromatic heterocycles. The molecule has 4 amide bonds. The highest BCUT2D eigenvalue weighted by Crippen LogP contribution is 2.32. The van der Waals surface area contributed by atoms with E-state index in [2.05, 4.69) is 5.32 Å². The van der Waals surface area contributed by atoms with E-state index in [4.69, 9.17) is 0 Å². The number of likely N-dealkylation sites (tertiary alicyclic amines) is 1. The number of nitrogens with one attached hydrogen (secondary N) is 1. The van der Waals surface area contributed by atoms with Crippen LogP contribution in [0.4, 0.5) is 0 Å². The summed E-state index contributed by atoms with van der Waals surface area (Å²) >= 11 is 1.55. The third kappa shape index (κ3) is 3.03. The number of thioether (sulfide) groups is 1. The Bertz CT molecular complexity index is 576.